The number of morpholine rings is 1. The Labute approximate surface area is 169 Å². The number of thiophene rings is 1. The molecule has 1 N–H and O–H groups in total. The fraction of sp³-hybridized carbons (Fsp3) is 0.476. The zero-order chi connectivity index (χ0) is 19.5. The van der Waals surface area contributed by atoms with Gasteiger partial charge in [-0.15, -0.1) is 11.3 Å². The molecule has 0 unspecified atom stereocenters. The second-order valence-corrected chi connectivity index (χ2v) is 8.51. The molecule has 6 nitrogen and oxygen atoms in total. The molecule has 1 aromatic heterocycles. The Hall–Kier alpha value is -2.09. The van der Waals surface area contributed by atoms with Crippen LogP contribution in [0.2, 0.25) is 0 Å². The van der Waals surface area contributed by atoms with Crippen LogP contribution in [-0.4, -0.2) is 51.0 Å². The quantitative estimate of drug-likeness (QED) is 0.827. The van der Waals surface area contributed by atoms with Gasteiger partial charge in [0.25, 0.3) is 5.91 Å². The number of nitrogens with zero attached hydrogens (tertiary/aromatic N) is 1. The summed E-state index contributed by atoms with van der Waals surface area (Å²) in [6.07, 6.45) is 0.346. The highest BCUT2D eigenvalue weighted by molar-refractivity contribution is 7.09. The Morgan fingerprint density at radius 2 is 1.89 bits per heavy atom. The van der Waals surface area contributed by atoms with Crippen LogP contribution in [0.3, 0.4) is 0 Å². The van der Waals surface area contributed by atoms with Crippen molar-refractivity contribution in [3.8, 4) is 11.5 Å². The zero-order valence-electron chi connectivity index (χ0n) is 16.3. The van der Waals surface area contributed by atoms with E-state index in [4.69, 9.17) is 14.2 Å². The van der Waals surface area contributed by atoms with Crippen LogP contribution in [0.25, 0.3) is 0 Å². The number of ether oxygens (including phenoxy) is 3. The van der Waals surface area contributed by atoms with Crippen molar-refractivity contribution in [2.75, 3.05) is 37.7 Å². The van der Waals surface area contributed by atoms with E-state index in [2.05, 4.69) is 19.9 Å². The topological polar surface area (TPSA) is 52.4 Å². The molecule has 28 heavy (non-hydrogen) atoms. The third-order valence-electron chi connectivity index (χ3n) is 5.05. The van der Waals surface area contributed by atoms with Gasteiger partial charge in [-0.1, -0.05) is 6.07 Å². The number of quaternary nitrogens is 1. The zero-order valence-corrected chi connectivity index (χ0v) is 17.2. The van der Waals surface area contributed by atoms with Crippen LogP contribution in [0.4, 0.5) is 5.69 Å². The Bertz CT molecular complexity index is 801. The lowest BCUT2D eigenvalue weighted by molar-refractivity contribution is -0.907. The van der Waals surface area contributed by atoms with Crippen molar-refractivity contribution in [1.82, 2.24) is 0 Å². The maximum Gasteiger partial charge on any atom is 0.282 e. The largest absolute Gasteiger partial charge is 0.486 e. The molecule has 0 aliphatic carbocycles. The number of hydrogen-bond donors (Lipinski definition) is 1. The third-order valence-corrected chi connectivity index (χ3v) is 5.91. The molecule has 0 bridgehead atoms. The third kappa shape index (κ3) is 4.48. The van der Waals surface area contributed by atoms with Crippen LogP contribution < -0.4 is 19.3 Å². The maximum atomic E-state index is 13.3. The van der Waals surface area contributed by atoms with Gasteiger partial charge in [-0.3, -0.25) is 4.79 Å². The van der Waals surface area contributed by atoms with E-state index >= 15 is 0 Å². The van der Waals surface area contributed by atoms with Crippen molar-refractivity contribution in [3.05, 3.63) is 40.6 Å². The molecule has 1 amide bonds. The second kappa shape index (κ2) is 8.51. The monoisotopic (exact) mass is 403 g/mol. The van der Waals surface area contributed by atoms with Crippen LogP contribution in [-0.2, 0) is 16.1 Å². The Balaban J connectivity index is 1.55. The number of carbonyl (C=O) groups excluding carboxylic acids is 1. The lowest BCUT2D eigenvalue weighted by Gasteiger charge is -2.33. The van der Waals surface area contributed by atoms with Crippen LogP contribution in [0.5, 0.6) is 11.5 Å². The minimum absolute atomic E-state index is 0.112. The van der Waals surface area contributed by atoms with Gasteiger partial charge < -0.3 is 24.0 Å². The molecule has 7 heteroatoms. The first-order valence-corrected chi connectivity index (χ1v) is 10.7. The summed E-state index contributed by atoms with van der Waals surface area (Å²) in [6.45, 7) is 7.95. The van der Waals surface area contributed by atoms with E-state index in [0.29, 0.717) is 32.1 Å². The van der Waals surface area contributed by atoms with Gasteiger partial charge in [-0.05, 0) is 37.4 Å². The standard InChI is InChI=1S/C21H26N2O4S/c1-15-11-22(12-16(2)27-15)14-21(24)23(13-18-4-3-9-28-18)17-5-6-19-20(10-17)26-8-7-25-19/h3-6,9-10,15-16H,7-8,11-14H2,1-2H3/p+1/t15-,16-/m1/s1. The van der Waals surface area contributed by atoms with Crippen molar-refractivity contribution in [3.63, 3.8) is 0 Å². The molecule has 2 aromatic rings. The van der Waals surface area contributed by atoms with E-state index in [1.54, 1.807) is 11.3 Å². The summed E-state index contributed by atoms with van der Waals surface area (Å²) >= 11 is 1.66. The molecule has 4 rings (SSSR count). The molecule has 0 saturated carbocycles. The number of carbonyl (C=O) groups is 1. The summed E-state index contributed by atoms with van der Waals surface area (Å²) in [7, 11) is 0. The number of anilines is 1. The fourth-order valence-corrected chi connectivity index (χ4v) is 4.62. The van der Waals surface area contributed by atoms with Crippen LogP contribution >= 0.6 is 11.3 Å². The summed E-state index contributed by atoms with van der Waals surface area (Å²) in [6, 6.07) is 9.83. The normalized spacial score (nSPS) is 24.0. The predicted molar refractivity (Wildman–Crippen MR) is 109 cm³/mol. The van der Waals surface area contributed by atoms with Gasteiger partial charge in [0, 0.05) is 16.6 Å². The molecule has 1 aromatic carbocycles. The minimum Gasteiger partial charge on any atom is -0.486 e. The molecular weight excluding hydrogens is 376 g/mol. The van der Waals surface area contributed by atoms with Crippen LogP contribution in [0, 0.1) is 0 Å². The molecule has 150 valence electrons. The van der Waals surface area contributed by atoms with E-state index in [1.807, 2.05) is 34.5 Å². The summed E-state index contributed by atoms with van der Waals surface area (Å²) in [5.41, 5.74) is 0.844. The van der Waals surface area contributed by atoms with Gasteiger partial charge in [0.1, 0.15) is 38.5 Å². The highest BCUT2D eigenvalue weighted by Gasteiger charge is 2.30. The number of rotatable bonds is 5. The van der Waals surface area contributed by atoms with Gasteiger partial charge in [-0.25, -0.2) is 0 Å². The predicted octanol–water partition coefficient (Wildman–Crippen LogP) is 1.74. The highest BCUT2D eigenvalue weighted by Crippen LogP contribution is 2.34. The highest BCUT2D eigenvalue weighted by atomic mass is 32.1. The molecular formula is C21H27N2O4S+. The van der Waals surface area contributed by atoms with Gasteiger partial charge in [0.05, 0.1) is 6.54 Å². The molecule has 3 heterocycles. The first kappa shape index (κ1) is 19.2. The first-order valence-electron chi connectivity index (χ1n) is 9.80. The molecule has 0 radical (unpaired) electrons. The lowest BCUT2D eigenvalue weighted by atomic mass is 10.2. The molecule has 2 atom stereocenters. The van der Waals surface area contributed by atoms with E-state index in [-0.39, 0.29) is 18.1 Å². The number of fused-ring (bicyclic) bond motifs is 1. The summed E-state index contributed by atoms with van der Waals surface area (Å²) in [4.78, 5) is 17.6. The molecule has 0 spiro atoms. The Kier molecular flexibility index (Phi) is 5.85. The van der Waals surface area contributed by atoms with Crippen molar-refractivity contribution in [2.24, 2.45) is 0 Å². The first-order chi connectivity index (χ1) is 13.6. The molecule has 1 fully saturated rings. The van der Waals surface area contributed by atoms with Gasteiger partial charge in [0.2, 0.25) is 0 Å². The van der Waals surface area contributed by atoms with E-state index in [9.17, 15) is 4.79 Å². The number of amides is 1. The lowest BCUT2D eigenvalue weighted by Crippen LogP contribution is -3.16. The smallest absolute Gasteiger partial charge is 0.282 e. The summed E-state index contributed by atoms with van der Waals surface area (Å²) in [5, 5.41) is 2.04. The SMILES string of the molecule is C[C@@H]1C[NH+](CC(=O)N(Cc2cccs2)c2ccc3c(c2)OCCO3)C[C@@H](C)O1. The number of hydrogen-bond acceptors (Lipinski definition) is 5. The van der Waals surface area contributed by atoms with E-state index < -0.39 is 0 Å². The number of nitrogens with one attached hydrogen (secondary N) is 1. The Morgan fingerprint density at radius 3 is 2.61 bits per heavy atom. The Morgan fingerprint density at radius 1 is 1.14 bits per heavy atom. The van der Waals surface area contributed by atoms with E-state index in [1.165, 1.54) is 4.90 Å². The average molecular weight is 404 g/mol. The summed E-state index contributed by atoms with van der Waals surface area (Å²) < 4.78 is 17.2. The second-order valence-electron chi connectivity index (χ2n) is 7.48. The van der Waals surface area contributed by atoms with Crippen molar-refractivity contribution >= 4 is 22.9 Å². The van der Waals surface area contributed by atoms with Gasteiger partial charge in [-0.2, -0.15) is 0 Å². The average Bonchev–Trinajstić information content (AvgIpc) is 3.18. The van der Waals surface area contributed by atoms with Crippen molar-refractivity contribution < 1.29 is 23.9 Å². The number of benzene rings is 1. The van der Waals surface area contributed by atoms with Crippen LogP contribution in [0.15, 0.2) is 35.7 Å². The molecule has 2 aliphatic rings. The van der Waals surface area contributed by atoms with E-state index in [0.717, 1.165) is 29.4 Å². The van der Waals surface area contributed by atoms with Gasteiger partial charge in [0.15, 0.2) is 18.0 Å². The molecule has 2 aliphatic heterocycles. The van der Waals surface area contributed by atoms with Gasteiger partial charge >= 0.3 is 0 Å². The molecule has 1 saturated heterocycles. The maximum absolute atomic E-state index is 13.3. The van der Waals surface area contributed by atoms with Crippen LogP contribution in [0.1, 0.15) is 18.7 Å². The van der Waals surface area contributed by atoms with Crippen molar-refractivity contribution in [2.45, 2.75) is 32.6 Å². The summed E-state index contributed by atoms with van der Waals surface area (Å²) in [5.74, 6) is 1.55. The van der Waals surface area contributed by atoms with Crippen molar-refractivity contribution in [1.29, 1.82) is 0 Å². The minimum atomic E-state index is 0.112. The fourth-order valence-electron chi connectivity index (χ4n) is 3.92.